The second-order valence-corrected chi connectivity index (χ2v) is 10.2. The molecular weight excluding hydrogens is 362 g/mol. The highest BCUT2D eigenvalue weighted by Crippen LogP contribution is 2.24. The van der Waals surface area contributed by atoms with Crippen LogP contribution in [0.2, 0.25) is 0 Å². The van der Waals surface area contributed by atoms with Crippen molar-refractivity contribution in [3.05, 3.63) is 23.8 Å². The average Bonchev–Trinajstić information content (AvgIpc) is 2.55. The molecule has 2 rings (SSSR count). The Balaban J connectivity index is 2.30. The van der Waals surface area contributed by atoms with Crippen LogP contribution in [0.4, 0.5) is 0 Å². The molecule has 9 heteroatoms. The van der Waals surface area contributed by atoms with Crippen LogP contribution < -0.4 is 10.5 Å². The zero-order valence-corrected chi connectivity index (χ0v) is 16.4. The number of hydrogen-bond acceptors (Lipinski definition) is 5. The third kappa shape index (κ3) is 5.01. The summed E-state index contributed by atoms with van der Waals surface area (Å²) in [6.45, 7) is 4.61. The maximum atomic E-state index is 12.8. The van der Waals surface area contributed by atoms with E-state index in [-0.39, 0.29) is 22.4 Å². The number of piperidine rings is 1. The summed E-state index contributed by atoms with van der Waals surface area (Å²) >= 11 is 0. The lowest BCUT2D eigenvalue weighted by Crippen LogP contribution is -2.35. The van der Waals surface area contributed by atoms with E-state index in [1.165, 1.54) is 22.5 Å². The second kappa shape index (κ2) is 8.13. The molecule has 1 atom stereocenters. The number of nitrogens with zero attached hydrogens (tertiary/aromatic N) is 1. The van der Waals surface area contributed by atoms with E-state index < -0.39 is 20.0 Å². The Morgan fingerprint density at radius 1 is 1.16 bits per heavy atom. The predicted molar refractivity (Wildman–Crippen MR) is 97.2 cm³/mol. The lowest BCUT2D eigenvalue weighted by molar-refractivity contribution is 0.346. The Bertz CT molecular complexity index is 799. The minimum atomic E-state index is -3.79. The molecule has 1 saturated heterocycles. The highest BCUT2D eigenvalue weighted by molar-refractivity contribution is 7.90. The van der Waals surface area contributed by atoms with Crippen molar-refractivity contribution in [1.29, 1.82) is 0 Å². The third-order valence-corrected chi connectivity index (χ3v) is 7.79. The van der Waals surface area contributed by atoms with E-state index in [1.54, 1.807) is 13.8 Å². The SMILES string of the molecule is Cc1ccc(S(=O)(=O)N2CCCCC2)cc1S(=O)(=O)NCCC(C)N. The predicted octanol–water partition coefficient (Wildman–Crippen LogP) is 1.19. The largest absolute Gasteiger partial charge is 0.328 e. The summed E-state index contributed by atoms with van der Waals surface area (Å²) in [5.41, 5.74) is 6.14. The van der Waals surface area contributed by atoms with Crippen molar-refractivity contribution in [2.75, 3.05) is 19.6 Å². The van der Waals surface area contributed by atoms with E-state index >= 15 is 0 Å². The van der Waals surface area contributed by atoms with Crippen LogP contribution >= 0.6 is 0 Å². The molecule has 1 aromatic carbocycles. The van der Waals surface area contributed by atoms with E-state index in [4.69, 9.17) is 5.73 Å². The van der Waals surface area contributed by atoms with Crippen LogP contribution in [0.3, 0.4) is 0 Å². The normalized spacial score (nSPS) is 18.2. The van der Waals surface area contributed by atoms with Gasteiger partial charge >= 0.3 is 0 Å². The molecule has 0 aromatic heterocycles. The van der Waals surface area contributed by atoms with E-state index in [0.717, 1.165) is 19.3 Å². The Morgan fingerprint density at radius 2 is 1.80 bits per heavy atom. The Kier molecular flexibility index (Phi) is 6.61. The number of nitrogens with one attached hydrogen (secondary N) is 1. The fourth-order valence-corrected chi connectivity index (χ4v) is 5.72. The molecule has 1 aliphatic rings. The molecule has 25 heavy (non-hydrogen) atoms. The average molecular weight is 390 g/mol. The van der Waals surface area contributed by atoms with Crippen LogP contribution in [0.1, 0.15) is 38.2 Å². The maximum Gasteiger partial charge on any atom is 0.243 e. The van der Waals surface area contributed by atoms with Gasteiger partial charge in [-0.3, -0.25) is 0 Å². The first-order valence-electron chi connectivity index (χ1n) is 8.50. The van der Waals surface area contributed by atoms with E-state index in [2.05, 4.69) is 4.72 Å². The van der Waals surface area contributed by atoms with Gasteiger partial charge in [0.05, 0.1) is 9.79 Å². The van der Waals surface area contributed by atoms with Crippen molar-refractivity contribution in [2.24, 2.45) is 5.73 Å². The summed E-state index contributed by atoms with van der Waals surface area (Å²) in [4.78, 5) is 0.0165. The Hall–Kier alpha value is -1.00. The molecule has 0 bridgehead atoms. The second-order valence-electron chi connectivity index (χ2n) is 6.56. The van der Waals surface area contributed by atoms with Gasteiger partial charge in [-0.25, -0.2) is 21.6 Å². The first-order chi connectivity index (χ1) is 11.6. The van der Waals surface area contributed by atoms with Gasteiger partial charge in [-0.2, -0.15) is 4.31 Å². The summed E-state index contributed by atoms with van der Waals surface area (Å²) in [5, 5.41) is 0. The summed E-state index contributed by atoms with van der Waals surface area (Å²) in [5.74, 6) is 0. The molecule has 1 fully saturated rings. The van der Waals surface area contributed by atoms with Gasteiger partial charge in [0.2, 0.25) is 20.0 Å². The first-order valence-corrected chi connectivity index (χ1v) is 11.4. The molecule has 7 nitrogen and oxygen atoms in total. The molecule has 1 unspecified atom stereocenters. The minimum Gasteiger partial charge on any atom is -0.328 e. The molecule has 1 aromatic rings. The molecule has 0 amide bonds. The van der Waals surface area contributed by atoms with Crippen molar-refractivity contribution in [1.82, 2.24) is 9.03 Å². The van der Waals surface area contributed by atoms with E-state index in [0.29, 0.717) is 25.1 Å². The zero-order valence-electron chi connectivity index (χ0n) is 14.7. The number of nitrogens with two attached hydrogens (primary N) is 1. The van der Waals surface area contributed by atoms with Crippen molar-refractivity contribution in [3.8, 4) is 0 Å². The van der Waals surface area contributed by atoms with Crippen LogP contribution in [-0.2, 0) is 20.0 Å². The number of sulfonamides is 2. The Labute approximate surface area is 150 Å². The van der Waals surface area contributed by atoms with Crippen molar-refractivity contribution < 1.29 is 16.8 Å². The van der Waals surface area contributed by atoms with Gasteiger partial charge in [0, 0.05) is 25.7 Å². The van der Waals surface area contributed by atoms with Crippen LogP contribution in [-0.4, -0.2) is 46.8 Å². The topological polar surface area (TPSA) is 110 Å². The van der Waals surface area contributed by atoms with E-state index in [9.17, 15) is 16.8 Å². The molecule has 142 valence electrons. The summed E-state index contributed by atoms with van der Waals surface area (Å²) < 4.78 is 54.5. The number of aryl methyl sites for hydroxylation is 1. The number of benzene rings is 1. The molecule has 3 N–H and O–H groups in total. The quantitative estimate of drug-likeness (QED) is 0.728. The van der Waals surface area contributed by atoms with Gasteiger partial charge in [0.1, 0.15) is 0 Å². The van der Waals surface area contributed by atoms with Crippen molar-refractivity contribution in [2.45, 2.75) is 55.4 Å². The minimum absolute atomic E-state index is 0.00439. The maximum absolute atomic E-state index is 12.8. The molecule has 0 radical (unpaired) electrons. The smallest absolute Gasteiger partial charge is 0.243 e. The summed E-state index contributed by atoms with van der Waals surface area (Å²) in [7, 11) is -7.46. The standard InChI is InChI=1S/C16H27N3O4S2/c1-13-6-7-15(25(22,23)19-10-4-3-5-11-19)12-16(13)24(20,21)18-9-8-14(2)17/h6-7,12,14,18H,3-5,8-11,17H2,1-2H3. The van der Waals surface area contributed by atoms with Gasteiger partial charge in [0.15, 0.2) is 0 Å². The highest BCUT2D eigenvalue weighted by atomic mass is 32.2. The van der Waals surface area contributed by atoms with Crippen LogP contribution in [0.25, 0.3) is 0 Å². The van der Waals surface area contributed by atoms with Crippen molar-refractivity contribution >= 4 is 20.0 Å². The zero-order chi connectivity index (χ0) is 18.7. The summed E-state index contributed by atoms with van der Waals surface area (Å²) in [6.07, 6.45) is 3.18. The van der Waals surface area contributed by atoms with Gasteiger partial charge < -0.3 is 5.73 Å². The van der Waals surface area contributed by atoms with Crippen LogP contribution in [0.15, 0.2) is 28.0 Å². The molecule has 0 saturated carbocycles. The van der Waals surface area contributed by atoms with Gasteiger partial charge in [0.25, 0.3) is 0 Å². The Morgan fingerprint density at radius 3 is 2.40 bits per heavy atom. The monoisotopic (exact) mass is 389 g/mol. The summed E-state index contributed by atoms with van der Waals surface area (Å²) in [6, 6.07) is 4.15. The fraction of sp³-hybridized carbons (Fsp3) is 0.625. The molecule has 1 aliphatic heterocycles. The number of hydrogen-bond donors (Lipinski definition) is 2. The van der Waals surface area contributed by atoms with Crippen LogP contribution in [0.5, 0.6) is 0 Å². The molecule has 0 aliphatic carbocycles. The van der Waals surface area contributed by atoms with E-state index in [1.807, 2.05) is 0 Å². The van der Waals surface area contributed by atoms with Gasteiger partial charge in [-0.1, -0.05) is 12.5 Å². The lowest BCUT2D eigenvalue weighted by atomic mass is 10.2. The first kappa shape index (κ1) is 20.3. The molecular formula is C16H27N3O4S2. The van der Waals surface area contributed by atoms with Gasteiger partial charge in [-0.05, 0) is 50.8 Å². The highest BCUT2D eigenvalue weighted by Gasteiger charge is 2.28. The van der Waals surface area contributed by atoms with Crippen molar-refractivity contribution in [3.63, 3.8) is 0 Å². The molecule has 0 spiro atoms. The fourth-order valence-electron chi connectivity index (χ4n) is 2.78. The van der Waals surface area contributed by atoms with Crippen LogP contribution in [0, 0.1) is 6.92 Å². The van der Waals surface area contributed by atoms with Gasteiger partial charge in [-0.15, -0.1) is 0 Å². The number of rotatable bonds is 7. The third-order valence-electron chi connectivity index (χ3n) is 4.29. The molecule has 1 heterocycles. The lowest BCUT2D eigenvalue weighted by Gasteiger charge is -2.26.